The van der Waals surface area contributed by atoms with E-state index in [-0.39, 0.29) is 5.56 Å². The van der Waals surface area contributed by atoms with Crippen molar-refractivity contribution in [3.8, 4) is 0 Å². The van der Waals surface area contributed by atoms with Crippen LogP contribution in [-0.4, -0.2) is 10.9 Å². The molecule has 1 aromatic heterocycles. The van der Waals surface area contributed by atoms with E-state index in [4.69, 9.17) is 0 Å². The van der Waals surface area contributed by atoms with Gasteiger partial charge in [-0.2, -0.15) is 0 Å². The van der Waals surface area contributed by atoms with Crippen LogP contribution in [0.5, 0.6) is 0 Å². The Hall–Kier alpha value is -2.27. The summed E-state index contributed by atoms with van der Waals surface area (Å²) in [6.07, 6.45) is 0. The lowest BCUT2D eigenvalue weighted by Gasteiger charge is -2.02. The second-order valence-electron chi connectivity index (χ2n) is 4.81. The zero-order valence-electron chi connectivity index (χ0n) is 11.6. The van der Waals surface area contributed by atoms with Crippen LogP contribution in [0.3, 0.4) is 0 Å². The largest absolute Gasteiger partial charge is 0.298 e. The zero-order chi connectivity index (χ0) is 15.0. The van der Waals surface area contributed by atoms with E-state index in [1.54, 1.807) is 12.1 Å². The number of carbonyl (C=O) groups is 1. The molecule has 106 valence electrons. The highest BCUT2D eigenvalue weighted by Crippen LogP contribution is 2.29. The second-order valence-corrected chi connectivity index (χ2v) is 5.84. The Bertz CT molecular complexity index is 841. The molecule has 0 aliphatic rings. The third-order valence-corrected chi connectivity index (χ3v) is 4.36. The van der Waals surface area contributed by atoms with E-state index in [9.17, 15) is 9.18 Å². The van der Waals surface area contributed by atoms with Crippen LogP contribution in [-0.2, 0) is 0 Å². The summed E-state index contributed by atoms with van der Waals surface area (Å²) in [5.74, 6) is -1.02. The third-order valence-electron chi connectivity index (χ3n) is 3.42. The molecule has 3 aromatic rings. The topological polar surface area (TPSA) is 42.0 Å². The van der Waals surface area contributed by atoms with Gasteiger partial charge in [-0.05, 0) is 43.2 Å². The van der Waals surface area contributed by atoms with Crippen molar-refractivity contribution < 1.29 is 9.18 Å². The van der Waals surface area contributed by atoms with Gasteiger partial charge in [0.1, 0.15) is 5.82 Å². The molecule has 1 N–H and O–H groups in total. The molecule has 21 heavy (non-hydrogen) atoms. The number of nitrogens with one attached hydrogen (secondary N) is 1. The maximum absolute atomic E-state index is 13.6. The minimum atomic E-state index is -0.539. The molecule has 1 amide bonds. The molecule has 0 bridgehead atoms. The van der Waals surface area contributed by atoms with E-state index in [1.807, 2.05) is 26.0 Å². The van der Waals surface area contributed by atoms with Gasteiger partial charge >= 0.3 is 0 Å². The number of aromatic nitrogens is 1. The van der Waals surface area contributed by atoms with E-state index >= 15 is 0 Å². The summed E-state index contributed by atoms with van der Waals surface area (Å²) in [5, 5.41) is 3.14. The summed E-state index contributed by atoms with van der Waals surface area (Å²) in [4.78, 5) is 16.5. The highest BCUT2D eigenvalue weighted by molar-refractivity contribution is 7.22. The van der Waals surface area contributed by atoms with Crippen LogP contribution in [0.1, 0.15) is 21.5 Å². The number of hydrogen-bond acceptors (Lipinski definition) is 3. The number of hydrogen-bond donors (Lipinski definition) is 1. The summed E-state index contributed by atoms with van der Waals surface area (Å²) in [7, 11) is 0. The van der Waals surface area contributed by atoms with Gasteiger partial charge in [0, 0.05) is 0 Å². The molecule has 0 unspecified atom stereocenters. The minimum Gasteiger partial charge on any atom is -0.298 e. The Balaban J connectivity index is 1.94. The number of amides is 1. The zero-order valence-corrected chi connectivity index (χ0v) is 12.4. The molecular formula is C16H13FN2OS. The SMILES string of the molecule is Cc1ccc2sc(NC(=O)c3ccccc3F)nc2c1C. The van der Waals surface area contributed by atoms with Crippen molar-refractivity contribution in [1.29, 1.82) is 0 Å². The standard InChI is InChI=1S/C16H13FN2OS/c1-9-7-8-13-14(10(9)2)18-16(21-13)19-15(20)11-5-3-4-6-12(11)17/h3-8H,1-2H3,(H,18,19,20). The Morgan fingerprint density at radius 2 is 1.95 bits per heavy atom. The number of nitrogens with zero attached hydrogens (tertiary/aromatic N) is 1. The Morgan fingerprint density at radius 3 is 2.71 bits per heavy atom. The number of rotatable bonds is 2. The molecule has 5 heteroatoms. The quantitative estimate of drug-likeness (QED) is 0.766. The molecule has 0 aliphatic heterocycles. The van der Waals surface area contributed by atoms with Gasteiger partial charge in [-0.15, -0.1) is 0 Å². The highest BCUT2D eigenvalue weighted by Gasteiger charge is 2.14. The second kappa shape index (κ2) is 5.26. The number of anilines is 1. The summed E-state index contributed by atoms with van der Waals surface area (Å²) in [6.45, 7) is 4.02. The maximum atomic E-state index is 13.6. The van der Waals surface area contributed by atoms with Crippen molar-refractivity contribution in [2.75, 3.05) is 5.32 Å². The number of benzene rings is 2. The van der Waals surface area contributed by atoms with Crippen molar-refractivity contribution in [2.45, 2.75) is 13.8 Å². The van der Waals surface area contributed by atoms with E-state index in [2.05, 4.69) is 10.3 Å². The molecule has 0 fully saturated rings. The van der Waals surface area contributed by atoms with Crippen LogP contribution in [0.15, 0.2) is 36.4 Å². The minimum absolute atomic E-state index is 0.0182. The van der Waals surface area contributed by atoms with Gasteiger partial charge in [-0.1, -0.05) is 29.5 Å². The van der Waals surface area contributed by atoms with Crippen molar-refractivity contribution in [1.82, 2.24) is 4.98 Å². The first-order chi connectivity index (χ1) is 10.1. The molecule has 0 aliphatic carbocycles. The molecular weight excluding hydrogens is 287 g/mol. The van der Waals surface area contributed by atoms with E-state index in [0.717, 1.165) is 21.3 Å². The van der Waals surface area contributed by atoms with E-state index in [0.29, 0.717) is 5.13 Å². The van der Waals surface area contributed by atoms with Gasteiger partial charge < -0.3 is 0 Å². The van der Waals surface area contributed by atoms with Crippen molar-refractivity contribution >= 4 is 32.6 Å². The van der Waals surface area contributed by atoms with Crippen LogP contribution in [0.4, 0.5) is 9.52 Å². The Kier molecular flexibility index (Phi) is 3.43. The maximum Gasteiger partial charge on any atom is 0.260 e. The van der Waals surface area contributed by atoms with E-state index in [1.165, 1.54) is 23.5 Å². The van der Waals surface area contributed by atoms with Gasteiger partial charge in [0.25, 0.3) is 5.91 Å². The van der Waals surface area contributed by atoms with Crippen molar-refractivity contribution in [3.05, 3.63) is 58.9 Å². The molecule has 0 spiro atoms. The van der Waals surface area contributed by atoms with Crippen LogP contribution >= 0.6 is 11.3 Å². The molecule has 3 nitrogen and oxygen atoms in total. The molecule has 0 atom stereocenters. The monoisotopic (exact) mass is 300 g/mol. The number of carbonyl (C=O) groups excluding carboxylic acids is 1. The molecule has 1 heterocycles. The lowest BCUT2D eigenvalue weighted by atomic mass is 10.1. The van der Waals surface area contributed by atoms with Gasteiger partial charge in [0.15, 0.2) is 5.13 Å². The van der Waals surface area contributed by atoms with Crippen LogP contribution < -0.4 is 5.32 Å². The average molecular weight is 300 g/mol. The number of halogens is 1. The van der Waals surface area contributed by atoms with Gasteiger partial charge in [0.05, 0.1) is 15.8 Å². The fourth-order valence-electron chi connectivity index (χ4n) is 2.09. The fraction of sp³-hybridized carbons (Fsp3) is 0.125. The number of thiazole rings is 1. The average Bonchev–Trinajstić information content (AvgIpc) is 2.87. The summed E-state index contributed by atoms with van der Waals surface area (Å²) in [6, 6.07) is 9.90. The predicted molar refractivity (Wildman–Crippen MR) is 83.4 cm³/mol. The van der Waals surface area contributed by atoms with Crippen LogP contribution in [0.25, 0.3) is 10.2 Å². The molecule has 0 saturated heterocycles. The molecule has 0 saturated carbocycles. The number of fused-ring (bicyclic) bond motifs is 1. The predicted octanol–water partition coefficient (Wildman–Crippen LogP) is 4.30. The molecule has 0 radical (unpaired) electrons. The van der Waals surface area contributed by atoms with Gasteiger partial charge in [0.2, 0.25) is 0 Å². The molecule has 2 aromatic carbocycles. The van der Waals surface area contributed by atoms with Crippen LogP contribution in [0.2, 0.25) is 0 Å². The summed E-state index contributed by atoms with van der Waals surface area (Å²) in [5.41, 5.74) is 3.14. The number of aryl methyl sites for hydroxylation is 2. The van der Waals surface area contributed by atoms with Crippen molar-refractivity contribution in [3.63, 3.8) is 0 Å². The Morgan fingerprint density at radius 1 is 1.19 bits per heavy atom. The third kappa shape index (κ3) is 2.52. The smallest absolute Gasteiger partial charge is 0.260 e. The first kappa shape index (κ1) is 13.7. The summed E-state index contributed by atoms with van der Waals surface area (Å²) >= 11 is 1.38. The highest BCUT2D eigenvalue weighted by atomic mass is 32.1. The van der Waals surface area contributed by atoms with E-state index < -0.39 is 11.7 Å². The summed E-state index contributed by atoms with van der Waals surface area (Å²) < 4.78 is 14.6. The van der Waals surface area contributed by atoms with Crippen molar-refractivity contribution in [2.24, 2.45) is 0 Å². The first-order valence-electron chi connectivity index (χ1n) is 6.49. The normalized spacial score (nSPS) is 10.8. The lowest BCUT2D eigenvalue weighted by Crippen LogP contribution is -2.13. The molecule has 3 rings (SSSR count). The van der Waals surface area contributed by atoms with Gasteiger partial charge in [-0.25, -0.2) is 9.37 Å². The lowest BCUT2D eigenvalue weighted by molar-refractivity contribution is 0.102. The van der Waals surface area contributed by atoms with Gasteiger partial charge in [-0.3, -0.25) is 10.1 Å². The van der Waals surface area contributed by atoms with Crippen LogP contribution in [0, 0.1) is 19.7 Å². The first-order valence-corrected chi connectivity index (χ1v) is 7.30. The Labute approximate surface area is 125 Å². The fourth-order valence-corrected chi connectivity index (χ4v) is 3.01.